The van der Waals surface area contributed by atoms with Crippen molar-refractivity contribution in [2.75, 3.05) is 6.61 Å². The van der Waals surface area contributed by atoms with Gasteiger partial charge >= 0.3 is 0 Å². The third-order valence-corrected chi connectivity index (χ3v) is 3.76. The summed E-state index contributed by atoms with van der Waals surface area (Å²) in [4.78, 5) is 24.3. The zero-order valence-electron chi connectivity index (χ0n) is 14.9. The van der Waals surface area contributed by atoms with E-state index >= 15 is 0 Å². The van der Waals surface area contributed by atoms with Crippen LogP contribution in [0.15, 0.2) is 48.5 Å². The van der Waals surface area contributed by atoms with Crippen molar-refractivity contribution in [1.82, 2.24) is 16.2 Å². The maximum Gasteiger partial charge on any atom is 0.269 e. The first-order chi connectivity index (χ1) is 12.8. The fourth-order valence-electron chi connectivity index (χ4n) is 1.98. The summed E-state index contributed by atoms with van der Waals surface area (Å²) in [6.45, 7) is 4.64. The van der Waals surface area contributed by atoms with Crippen molar-refractivity contribution in [1.29, 1.82) is 0 Å². The number of thiocarbonyl (C=S) groups is 1. The molecule has 0 aliphatic carbocycles. The minimum atomic E-state index is -0.414. The molecule has 0 aromatic heterocycles. The molecule has 0 atom stereocenters. The van der Waals surface area contributed by atoms with Crippen molar-refractivity contribution in [2.45, 2.75) is 13.8 Å². The second-order valence-electron chi connectivity index (χ2n) is 6.10. The molecule has 3 N–H and O–H groups in total. The number of hydrogen-bond acceptors (Lipinski definition) is 4. The van der Waals surface area contributed by atoms with Gasteiger partial charge in [0.1, 0.15) is 5.75 Å². The lowest BCUT2D eigenvalue weighted by Gasteiger charge is -2.12. The molecule has 0 fully saturated rings. The third kappa shape index (κ3) is 6.88. The molecule has 0 saturated carbocycles. The van der Waals surface area contributed by atoms with E-state index in [2.05, 4.69) is 16.2 Å². The first-order valence-corrected chi connectivity index (χ1v) is 9.04. The van der Waals surface area contributed by atoms with Crippen LogP contribution in [-0.4, -0.2) is 23.5 Å². The lowest BCUT2D eigenvalue weighted by Crippen LogP contribution is -2.48. The summed E-state index contributed by atoms with van der Waals surface area (Å²) in [5.41, 5.74) is 5.69. The van der Waals surface area contributed by atoms with Crippen LogP contribution in [-0.2, 0) is 0 Å². The van der Waals surface area contributed by atoms with Gasteiger partial charge in [-0.15, -0.1) is 0 Å². The van der Waals surface area contributed by atoms with Gasteiger partial charge in [-0.3, -0.25) is 25.8 Å². The summed E-state index contributed by atoms with van der Waals surface area (Å²) < 4.78 is 5.60. The van der Waals surface area contributed by atoms with Gasteiger partial charge in [0.25, 0.3) is 11.8 Å². The highest BCUT2D eigenvalue weighted by Gasteiger charge is 2.10. The Morgan fingerprint density at radius 2 is 1.74 bits per heavy atom. The van der Waals surface area contributed by atoms with Gasteiger partial charge in [-0.2, -0.15) is 0 Å². The first-order valence-electron chi connectivity index (χ1n) is 8.25. The molecular formula is C19H20ClN3O3S. The smallest absolute Gasteiger partial charge is 0.269 e. The van der Waals surface area contributed by atoms with Gasteiger partial charge < -0.3 is 4.74 Å². The largest absolute Gasteiger partial charge is 0.493 e. The Balaban J connectivity index is 1.86. The average molecular weight is 406 g/mol. The van der Waals surface area contributed by atoms with Crippen LogP contribution in [0, 0.1) is 5.92 Å². The van der Waals surface area contributed by atoms with E-state index in [4.69, 9.17) is 28.6 Å². The number of carbonyl (C=O) groups is 2. The predicted octanol–water partition coefficient (Wildman–Crippen LogP) is 3.32. The second-order valence-corrected chi connectivity index (χ2v) is 6.95. The van der Waals surface area contributed by atoms with Crippen molar-refractivity contribution >= 4 is 40.7 Å². The first kappa shape index (κ1) is 20.7. The number of carbonyl (C=O) groups excluding carboxylic acids is 2. The molecule has 8 heteroatoms. The minimum Gasteiger partial charge on any atom is -0.493 e. The molecule has 6 nitrogen and oxygen atoms in total. The van der Waals surface area contributed by atoms with Crippen LogP contribution < -0.4 is 20.9 Å². The Morgan fingerprint density at radius 1 is 1.04 bits per heavy atom. The SMILES string of the molecule is CC(C)COc1cccc(C(=O)NC(=S)NNC(=O)c2ccc(Cl)cc2)c1. The van der Waals surface area contributed by atoms with E-state index in [0.717, 1.165) is 0 Å². The lowest BCUT2D eigenvalue weighted by atomic mass is 10.2. The van der Waals surface area contributed by atoms with E-state index in [-0.39, 0.29) is 5.11 Å². The molecule has 2 aromatic carbocycles. The zero-order chi connectivity index (χ0) is 19.8. The molecule has 0 bridgehead atoms. The van der Waals surface area contributed by atoms with Crippen LogP contribution in [0.4, 0.5) is 0 Å². The fraction of sp³-hybridized carbons (Fsp3) is 0.211. The fourth-order valence-corrected chi connectivity index (χ4v) is 2.25. The van der Waals surface area contributed by atoms with E-state index in [0.29, 0.717) is 34.4 Å². The number of rotatable bonds is 5. The Kier molecular flexibility index (Phi) is 7.57. The van der Waals surface area contributed by atoms with Gasteiger partial charge in [0, 0.05) is 16.1 Å². The number of benzene rings is 2. The summed E-state index contributed by atoms with van der Waals surface area (Å²) in [7, 11) is 0. The summed E-state index contributed by atoms with van der Waals surface area (Å²) >= 11 is 10.8. The quantitative estimate of drug-likeness (QED) is 0.525. The van der Waals surface area contributed by atoms with Crippen molar-refractivity contribution in [2.24, 2.45) is 5.92 Å². The number of ether oxygens (including phenoxy) is 1. The van der Waals surface area contributed by atoms with Crippen molar-refractivity contribution in [3.8, 4) is 5.75 Å². The van der Waals surface area contributed by atoms with Gasteiger partial charge in [0.15, 0.2) is 5.11 Å². The molecule has 0 spiro atoms. The monoisotopic (exact) mass is 405 g/mol. The van der Waals surface area contributed by atoms with Crippen molar-refractivity contribution < 1.29 is 14.3 Å². The van der Waals surface area contributed by atoms with E-state index < -0.39 is 11.8 Å². The highest BCUT2D eigenvalue weighted by Crippen LogP contribution is 2.14. The maximum absolute atomic E-state index is 12.3. The average Bonchev–Trinajstić information content (AvgIpc) is 2.65. The van der Waals surface area contributed by atoms with E-state index in [1.807, 2.05) is 13.8 Å². The second kappa shape index (κ2) is 9.89. The van der Waals surface area contributed by atoms with Crippen LogP contribution in [0.3, 0.4) is 0 Å². The zero-order valence-corrected chi connectivity index (χ0v) is 16.5. The van der Waals surface area contributed by atoms with Crippen molar-refractivity contribution in [3.05, 3.63) is 64.7 Å². The molecule has 2 rings (SSSR count). The molecule has 0 radical (unpaired) electrons. The van der Waals surface area contributed by atoms with Gasteiger partial charge in [-0.05, 0) is 60.6 Å². The number of hydrazine groups is 1. The minimum absolute atomic E-state index is 0.0317. The normalized spacial score (nSPS) is 10.2. The van der Waals surface area contributed by atoms with Gasteiger partial charge in [-0.25, -0.2) is 0 Å². The Bertz CT molecular complexity index is 825. The Morgan fingerprint density at radius 3 is 2.41 bits per heavy atom. The van der Waals surface area contributed by atoms with E-state index in [9.17, 15) is 9.59 Å². The van der Waals surface area contributed by atoms with Crippen LogP contribution in [0.1, 0.15) is 34.6 Å². The maximum atomic E-state index is 12.3. The highest BCUT2D eigenvalue weighted by molar-refractivity contribution is 7.80. The van der Waals surface area contributed by atoms with E-state index in [1.165, 1.54) is 0 Å². The van der Waals surface area contributed by atoms with Crippen LogP contribution in [0.2, 0.25) is 5.02 Å². The summed E-state index contributed by atoms with van der Waals surface area (Å²) in [5, 5.41) is 2.99. The molecule has 142 valence electrons. The highest BCUT2D eigenvalue weighted by atomic mass is 35.5. The Labute approximate surface area is 168 Å². The number of nitrogens with one attached hydrogen (secondary N) is 3. The number of hydrogen-bond donors (Lipinski definition) is 3. The van der Waals surface area contributed by atoms with Crippen LogP contribution in [0.5, 0.6) is 5.75 Å². The molecule has 0 unspecified atom stereocenters. The third-order valence-electron chi connectivity index (χ3n) is 3.30. The Hall–Kier alpha value is -2.64. The molecular weight excluding hydrogens is 386 g/mol. The molecule has 2 aromatic rings. The van der Waals surface area contributed by atoms with Crippen LogP contribution >= 0.6 is 23.8 Å². The topological polar surface area (TPSA) is 79.5 Å². The standard InChI is InChI=1S/C19H20ClN3O3S/c1-12(2)11-26-16-5-3-4-14(10-16)17(24)21-19(27)23-22-18(25)13-6-8-15(20)9-7-13/h3-10,12H,11H2,1-2H3,(H,22,25)(H2,21,23,24,27). The molecule has 0 heterocycles. The van der Waals surface area contributed by atoms with Crippen LogP contribution in [0.25, 0.3) is 0 Å². The molecule has 0 saturated heterocycles. The summed E-state index contributed by atoms with van der Waals surface area (Å²) in [6.07, 6.45) is 0. The van der Waals surface area contributed by atoms with Gasteiger partial charge in [0.2, 0.25) is 0 Å². The summed E-state index contributed by atoms with van der Waals surface area (Å²) in [5.74, 6) is 0.158. The number of halogens is 1. The van der Waals surface area contributed by atoms with Gasteiger partial charge in [-0.1, -0.05) is 31.5 Å². The molecule has 2 amide bonds. The lowest BCUT2D eigenvalue weighted by molar-refractivity contribution is 0.0934. The van der Waals surface area contributed by atoms with Gasteiger partial charge in [0.05, 0.1) is 6.61 Å². The summed E-state index contributed by atoms with van der Waals surface area (Å²) in [6, 6.07) is 13.1. The predicted molar refractivity (Wildman–Crippen MR) is 109 cm³/mol. The molecule has 0 aliphatic rings. The van der Waals surface area contributed by atoms with Crippen molar-refractivity contribution in [3.63, 3.8) is 0 Å². The molecule has 0 aliphatic heterocycles. The number of amides is 2. The molecule has 27 heavy (non-hydrogen) atoms. The van der Waals surface area contributed by atoms with E-state index in [1.54, 1.807) is 48.5 Å².